The Bertz CT molecular complexity index is 369. The standard InChI is InChI=1S/C10H9ClO2/c1-6(2)10(13)8-4-3-7(12)5-9(8)11/h3-5,12H,1H2,2H3. The van der Waals surface area contributed by atoms with Crippen LogP contribution in [-0.2, 0) is 0 Å². The summed E-state index contributed by atoms with van der Waals surface area (Å²) in [7, 11) is 0. The second-order valence-corrected chi connectivity index (χ2v) is 3.18. The van der Waals surface area contributed by atoms with Gasteiger partial charge in [0.1, 0.15) is 5.75 Å². The minimum absolute atomic E-state index is 0.0447. The summed E-state index contributed by atoms with van der Waals surface area (Å²) >= 11 is 5.75. The summed E-state index contributed by atoms with van der Waals surface area (Å²) in [5, 5.41) is 9.28. The van der Waals surface area contributed by atoms with Gasteiger partial charge in [-0.2, -0.15) is 0 Å². The molecule has 0 aromatic heterocycles. The van der Waals surface area contributed by atoms with Gasteiger partial charge in [-0.05, 0) is 30.7 Å². The molecule has 3 heteroatoms. The summed E-state index contributed by atoms with van der Waals surface area (Å²) in [5.74, 6) is -0.159. The topological polar surface area (TPSA) is 37.3 Å². The first-order valence-corrected chi connectivity index (χ1v) is 4.09. The van der Waals surface area contributed by atoms with Crippen LogP contribution in [0.15, 0.2) is 30.4 Å². The van der Waals surface area contributed by atoms with E-state index < -0.39 is 0 Å². The zero-order chi connectivity index (χ0) is 10.0. The van der Waals surface area contributed by atoms with E-state index in [1.165, 1.54) is 18.2 Å². The molecule has 2 nitrogen and oxygen atoms in total. The number of benzene rings is 1. The fourth-order valence-corrected chi connectivity index (χ4v) is 1.18. The van der Waals surface area contributed by atoms with Crippen molar-refractivity contribution < 1.29 is 9.90 Å². The van der Waals surface area contributed by atoms with Crippen LogP contribution in [0.4, 0.5) is 0 Å². The Kier molecular flexibility index (Phi) is 2.73. The van der Waals surface area contributed by atoms with Gasteiger partial charge in [0.2, 0.25) is 0 Å². The van der Waals surface area contributed by atoms with Gasteiger partial charge in [-0.15, -0.1) is 0 Å². The molecule has 0 saturated heterocycles. The molecule has 1 aromatic carbocycles. The molecule has 0 fully saturated rings. The molecule has 1 rings (SSSR count). The Labute approximate surface area is 81.5 Å². The summed E-state index contributed by atoms with van der Waals surface area (Å²) in [6.45, 7) is 5.14. The van der Waals surface area contributed by atoms with E-state index in [-0.39, 0.29) is 16.6 Å². The van der Waals surface area contributed by atoms with Crippen molar-refractivity contribution in [3.8, 4) is 5.75 Å². The van der Waals surface area contributed by atoms with Crippen molar-refractivity contribution in [2.75, 3.05) is 0 Å². The summed E-state index contributed by atoms with van der Waals surface area (Å²) in [4.78, 5) is 11.4. The van der Waals surface area contributed by atoms with E-state index in [0.717, 1.165) is 0 Å². The van der Waals surface area contributed by atoms with E-state index in [1.807, 2.05) is 0 Å². The van der Waals surface area contributed by atoms with Crippen LogP contribution in [-0.4, -0.2) is 10.9 Å². The summed E-state index contributed by atoms with van der Waals surface area (Å²) in [6, 6.07) is 4.23. The molecule has 0 atom stereocenters. The Morgan fingerprint density at radius 3 is 2.62 bits per heavy atom. The number of rotatable bonds is 2. The van der Waals surface area contributed by atoms with Crippen LogP contribution >= 0.6 is 11.6 Å². The highest BCUT2D eigenvalue weighted by molar-refractivity contribution is 6.35. The molecule has 0 aliphatic carbocycles. The van der Waals surface area contributed by atoms with Crippen molar-refractivity contribution in [2.24, 2.45) is 0 Å². The molecule has 68 valence electrons. The number of phenolic OH excluding ortho intramolecular Hbond substituents is 1. The van der Waals surface area contributed by atoms with E-state index in [1.54, 1.807) is 6.92 Å². The van der Waals surface area contributed by atoms with Crippen molar-refractivity contribution in [1.29, 1.82) is 0 Å². The Morgan fingerprint density at radius 2 is 2.15 bits per heavy atom. The fourth-order valence-electron chi connectivity index (χ4n) is 0.918. The lowest BCUT2D eigenvalue weighted by molar-refractivity contribution is 0.103. The largest absolute Gasteiger partial charge is 0.508 e. The van der Waals surface area contributed by atoms with E-state index in [4.69, 9.17) is 16.7 Å². The van der Waals surface area contributed by atoms with E-state index in [9.17, 15) is 4.79 Å². The zero-order valence-electron chi connectivity index (χ0n) is 7.17. The van der Waals surface area contributed by atoms with Gasteiger partial charge in [0.05, 0.1) is 5.02 Å². The number of hydrogen-bond acceptors (Lipinski definition) is 2. The number of carbonyl (C=O) groups excluding carboxylic acids is 1. The maximum Gasteiger partial charge on any atom is 0.189 e. The quantitative estimate of drug-likeness (QED) is 0.584. The first kappa shape index (κ1) is 9.81. The third-order valence-corrected chi connectivity index (χ3v) is 1.90. The average molecular weight is 197 g/mol. The number of carbonyl (C=O) groups is 1. The molecule has 0 heterocycles. The van der Waals surface area contributed by atoms with Crippen LogP contribution in [0.5, 0.6) is 5.75 Å². The van der Waals surface area contributed by atoms with Gasteiger partial charge in [0, 0.05) is 5.56 Å². The minimum atomic E-state index is -0.204. The van der Waals surface area contributed by atoms with Crippen LogP contribution in [0, 0.1) is 0 Å². The minimum Gasteiger partial charge on any atom is -0.508 e. The van der Waals surface area contributed by atoms with Crippen LogP contribution in [0.25, 0.3) is 0 Å². The number of allylic oxidation sites excluding steroid dienone is 1. The molecule has 1 N–H and O–H groups in total. The van der Waals surface area contributed by atoms with Gasteiger partial charge in [0.25, 0.3) is 0 Å². The molecular formula is C10H9ClO2. The van der Waals surface area contributed by atoms with Gasteiger partial charge in [-0.3, -0.25) is 4.79 Å². The lowest BCUT2D eigenvalue weighted by Gasteiger charge is -2.02. The zero-order valence-corrected chi connectivity index (χ0v) is 7.93. The normalized spacial score (nSPS) is 9.69. The average Bonchev–Trinajstić information content (AvgIpc) is 2.03. The third kappa shape index (κ3) is 2.10. The molecule has 0 unspecified atom stereocenters. The van der Waals surface area contributed by atoms with Crippen LogP contribution < -0.4 is 0 Å². The summed E-state index contributed by atoms with van der Waals surface area (Å²) < 4.78 is 0. The molecule has 0 amide bonds. The lowest BCUT2D eigenvalue weighted by atomic mass is 10.1. The Balaban J connectivity index is 3.16. The second-order valence-electron chi connectivity index (χ2n) is 2.77. The number of Topliss-reactive ketones (excluding diaryl/α,β-unsaturated/α-hetero) is 1. The summed E-state index contributed by atoms with van der Waals surface area (Å²) in [5.41, 5.74) is 0.791. The molecule has 0 aliphatic rings. The Hall–Kier alpha value is -1.28. The van der Waals surface area contributed by atoms with Gasteiger partial charge in [-0.1, -0.05) is 18.2 Å². The molecule has 0 saturated carbocycles. The van der Waals surface area contributed by atoms with Crippen LogP contribution in [0.3, 0.4) is 0 Å². The molecule has 0 aliphatic heterocycles. The Morgan fingerprint density at radius 1 is 1.54 bits per heavy atom. The van der Waals surface area contributed by atoms with Crippen molar-refractivity contribution in [1.82, 2.24) is 0 Å². The van der Waals surface area contributed by atoms with Gasteiger partial charge >= 0.3 is 0 Å². The molecule has 0 radical (unpaired) electrons. The predicted molar refractivity (Wildman–Crippen MR) is 52.3 cm³/mol. The highest BCUT2D eigenvalue weighted by Gasteiger charge is 2.10. The maximum absolute atomic E-state index is 11.4. The molecule has 0 bridgehead atoms. The number of halogens is 1. The summed E-state index contributed by atoms with van der Waals surface area (Å²) in [6.07, 6.45) is 0. The highest BCUT2D eigenvalue weighted by atomic mass is 35.5. The van der Waals surface area contributed by atoms with E-state index in [0.29, 0.717) is 11.1 Å². The number of ketones is 1. The van der Waals surface area contributed by atoms with Crippen LogP contribution in [0.1, 0.15) is 17.3 Å². The second kappa shape index (κ2) is 3.62. The smallest absolute Gasteiger partial charge is 0.189 e. The van der Waals surface area contributed by atoms with E-state index >= 15 is 0 Å². The molecular weight excluding hydrogens is 188 g/mol. The fraction of sp³-hybridized carbons (Fsp3) is 0.100. The number of aromatic hydroxyl groups is 1. The van der Waals surface area contributed by atoms with Crippen molar-refractivity contribution in [3.63, 3.8) is 0 Å². The van der Waals surface area contributed by atoms with Crippen LogP contribution in [0.2, 0.25) is 5.02 Å². The van der Waals surface area contributed by atoms with Crippen molar-refractivity contribution in [2.45, 2.75) is 6.92 Å². The number of phenols is 1. The first-order chi connectivity index (χ1) is 6.02. The molecule has 1 aromatic rings. The van der Waals surface area contributed by atoms with Gasteiger partial charge in [-0.25, -0.2) is 0 Å². The number of hydrogen-bond donors (Lipinski definition) is 1. The van der Waals surface area contributed by atoms with Crippen molar-refractivity contribution >= 4 is 17.4 Å². The predicted octanol–water partition coefficient (Wildman–Crippen LogP) is 2.80. The first-order valence-electron chi connectivity index (χ1n) is 3.71. The highest BCUT2D eigenvalue weighted by Crippen LogP contribution is 2.23. The third-order valence-electron chi connectivity index (χ3n) is 1.58. The molecule has 0 spiro atoms. The van der Waals surface area contributed by atoms with Gasteiger partial charge < -0.3 is 5.11 Å². The SMILES string of the molecule is C=C(C)C(=O)c1ccc(O)cc1Cl. The lowest BCUT2D eigenvalue weighted by Crippen LogP contribution is -1.99. The van der Waals surface area contributed by atoms with Crippen molar-refractivity contribution in [3.05, 3.63) is 40.9 Å². The monoisotopic (exact) mass is 196 g/mol. The maximum atomic E-state index is 11.4. The van der Waals surface area contributed by atoms with Gasteiger partial charge in [0.15, 0.2) is 5.78 Å². The van der Waals surface area contributed by atoms with E-state index in [2.05, 4.69) is 6.58 Å². The molecule has 13 heavy (non-hydrogen) atoms.